The van der Waals surface area contributed by atoms with Gasteiger partial charge in [-0.15, -0.1) is 0 Å². The van der Waals surface area contributed by atoms with E-state index in [1.807, 2.05) is 24.3 Å². The molecule has 0 radical (unpaired) electrons. The highest BCUT2D eigenvalue weighted by Gasteiger charge is 2.09. The van der Waals surface area contributed by atoms with Crippen LogP contribution in [0, 0.1) is 0 Å². The molecule has 0 aliphatic carbocycles. The number of hydrogen-bond acceptors (Lipinski definition) is 3. The zero-order valence-electron chi connectivity index (χ0n) is 13.5. The Morgan fingerprint density at radius 3 is 2.65 bits per heavy atom. The number of nitrogens with one attached hydrogen (secondary N) is 1. The van der Waals surface area contributed by atoms with Crippen molar-refractivity contribution in [2.45, 2.75) is 58.8 Å². The van der Waals surface area contributed by atoms with Gasteiger partial charge in [0.2, 0.25) is 0 Å². The first-order valence-corrected chi connectivity index (χ1v) is 7.40. The van der Waals surface area contributed by atoms with Crippen molar-refractivity contribution in [1.82, 2.24) is 5.32 Å². The summed E-state index contributed by atoms with van der Waals surface area (Å²) >= 11 is 0. The van der Waals surface area contributed by atoms with E-state index in [0.29, 0.717) is 6.61 Å². The number of rotatable bonds is 8. The van der Waals surface area contributed by atoms with E-state index < -0.39 is 0 Å². The lowest BCUT2D eigenvalue weighted by Crippen LogP contribution is -2.36. The monoisotopic (exact) mass is 279 g/mol. The largest absolute Gasteiger partial charge is 0.491 e. The summed E-state index contributed by atoms with van der Waals surface area (Å²) in [7, 11) is 1.71. The Bertz CT molecular complexity index is 385. The second-order valence-corrected chi connectivity index (χ2v) is 6.33. The van der Waals surface area contributed by atoms with Crippen molar-refractivity contribution in [3.8, 4) is 5.75 Å². The highest BCUT2D eigenvalue weighted by Crippen LogP contribution is 2.17. The Kier molecular flexibility index (Phi) is 7.03. The first-order valence-electron chi connectivity index (χ1n) is 7.40. The van der Waals surface area contributed by atoms with Crippen LogP contribution in [-0.4, -0.2) is 25.3 Å². The van der Waals surface area contributed by atoms with E-state index in [4.69, 9.17) is 9.47 Å². The van der Waals surface area contributed by atoms with Gasteiger partial charge < -0.3 is 14.8 Å². The van der Waals surface area contributed by atoms with Gasteiger partial charge in [0.15, 0.2) is 0 Å². The number of hydrogen-bond donors (Lipinski definition) is 1. The van der Waals surface area contributed by atoms with Crippen molar-refractivity contribution >= 4 is 0 Å². The molecule has 0 aromatic heterocycles. The summed E-state index contributed by atoms with van der Waals surface area (Å²) in [6.45, 7) is 10.3. The van der Waals surface area contributed by atoms with E-state index >= 15 is 0 Å². The summed E-state index contributed by atoms with van der Waals surface area (Å²) in [6, 6.07) is 8.11. The molecule has 20 heavy (non-hydrogen) atoms. The second-order valence-electron chi connectivity index (χ2n) is 6.33. The van der Waals surface area contributed by atoms with Gasteiger partial charge in [-0.2, -0.15) is 0 Å². The summed E-state index contributed by atoms with van der Waals surface area (Å²) < 4.78 is 11.1. The van der Waals surface area contributed by atoms with E-state index in [2.05, 4.69) is 33.0 Å². The molecule has 0 aliphatic heterocycles. The fraction of sp³-hybridized carbons (Fsp3) is 0.647. The predicted molar refractivity (Wildman–Crippen MR) is 84.2 cm³/mol. The summed E-state index contributed by atoms with van der Waals surface area (Å²) in [5.41, 5.74) is 1.34. The molecule has 0 saturated heterocycles. The number of ether oxygens (including phenoxy) is 2. The number of methoxy groups -OCH3 is 1. The van der Waals surface area contributed by atoms with Crippen LogP contribution in [0.25, 0.3) is 0 Å². The molecule has 1 aromatic rings. The minimum atomic E-state index is 0.193. The molecule has 0 fully saturated rings. The van der Waals surface area contributed by atoms with Gasteiger partial charge in [0.1, 0.15) is 5.75 Å². The van der Waals surface area contributed by atoms with Crippen molar-refractivity contribution in [3.63, 3.8) is 0 Å². The topological polar surface area (TPSA) is 30.5 Å². The Morgan fingerprint density at radius 1 is 1.25 bits per heavy atom. The SMILES string of the molecule is COCc1cccc(OC(C)CCCNC(C)(C)C)c1. The molecule has 0 saturated carbocycles. The Balaban J connectivity index is 2.31. The summed E-state index contributed by atoms with van der Waals surface area (Å²) in [5.74, 6) is 0.927. The van der Waals surface area contributed by atoms with Crippen LogP contribution in [0.5, 0.6) is 5.75 Å². The molecule has 0 heterocycles. The zero-order valence-corrected chi connectivity index (χ0v) is 13.5. The maximum atomic E-state index is 5.95. The van der Waals surface area contributed by atoms with E-state index in [-0.39, 0.29) is 11.6 Å². The minimum Gasteiger partial charge on any atom is -0.491 e. The van der Waals surface area contributed by atoms with Gasteiger partial charge in [-0.05, 0) is 64.8 Å². The third kappa shape index (κ3) is 7.51. The lowest BCUT2D eigenvalue weighted by atomic mass is 10.1. The first-order chi connectivity index (χ1) is 9.40. The van der Waals surface area contributed by atoms with Gasteiger partial charge in [-0.3, -0.25) is 0 Å². The van der Waals surface area contributed by atoms with Crippen LogP contribution in [0.1, 0.15) is 46.1 Å². The van der Waals surface area contributed by atoms with E-state index in [0.717, 1.165) is 30.7 Å². The van der Waals surface area contributed by atoms with Gasteiger partial charge in [0, 0.05) is 12.6 Å². The molecule has 3 heteroatoms. The summed E-state index contributed by atoms with van der Waals surface area (Å²) in [5, 5.41) is 3.49. The van der Waals surface area contributed by atoms with Gasteiger partial charge in [0.05, 0.1) is 12.7 Å². The molecule has 114 valence electrons. The van der Waals surface area contributed by atoms with E-state index in [9.17, 15) is 0 Å². The second kappa shape index (κ2) is 8.28. The molecule has 0 bridgehead atoms. The lowest BCUT2D eigenvalue weighted by molar-refractivity contribution is 0.182. The average Bonchev–Trinajstić information content (AvgIpc) is 2.34. The van der Waals surface area contributed by atoms with Gasteiger partial charge >= 0.3 is 0 Å². The van der Waals surface area contributed by atoms with Crippen molar-refractivity contribution in [3.05, 3.63) is 29.8 Å². The van der Waals surface area contributed by atoms with Crippen LogP contribution < -0.4 is 10.1 Å². The standard InChI is InChI=1S/C17H29NO2/c1-14(8-7-11-18-17(2,3)4)20-16-10-6-9-15(12-16)13-19-5/h6,9-10,12,14,18H,7-8,11,13H2,1-5H3. The third-order valence-electron chi connectivity index (χ3n) is 2.99. The maximum absolute atomic E-state index is 5.95. The molecule has 0 aliphatic rings. The number of benzene rings is 1. The normalized spacial score (nSPS) is 13.2. The fourth-order valence-corrected chi connectivity index (χ4v) is 2.02. The minimum absolute atomic E-state index is 0.193. The Labute approximate surface area is 123 Å². The van der Waals surface area contributed by atoms with Crippen LogP contribution in [0.4, 0.5) is 0 Å². The van der Waals surface area contributed by atoms with Gasteiger partial charge in [0.25, 0.3) is 0 Å². The third-order valence-corrected chi connectivity index (χ3v) is 2.99. The molecule has 1 N–H and O–H groups in total. The van der Waals surface area contributed by atoms with Crippen molar-refractivity contribution in [2.75, 3.05) is 13.7 Å². The zero-order chi connectivity index (χ0) is 15.0. The molecular formula is C17H29NO2. The maximum Gasteiger partial charge on any atom is 0.120 e. The highest BCUT2D eigenvalue weighted by molar-refractivity contribution is 5.28. The fourth-order valence-electron chi connectivity index (χ4n) is 2.02. The molecule has 1 atom stereocenters. The molecule has 1 unspecified atom stereocenters. The van der Waals surface area contributed by atoms with E-state index in [1.54, 1.807) is 7.11 Å². The van der Waals surface area contributed by atoms with Crippen molar-refractivity contribution in [2.24, 2.45) is 0 Å². The van der Waals surface area contributed by atoms with Crippen molar-refractivity contribution < 1.29 is 9.47 Å². The highest BCUT2D eigenvalue weighted by atomic mass is 16.5. The Morgan fingerprint density at radius 2 is 2.00 bits per heavy atom. The van der Waals surface area contributed by atoms with Crippen LogP contribution >= 0.6 is 0 Å². The summed E-state index contributed by atoms with van der Waals surface area (Å²) in [4.78, 5) is 0. The predicted octanol–water partition coefficient (Wildman–Crippen LogP) is 3.77. The van der Waals surface area contributed by atoms with Crippen molar-refractivity contribution in [1.29, 1.82) is 0 Å². The van der Waals surface area contributed by atoms with Gasteiger partial charge in [-0.25, -0.2) is 0 Å². The first kappa shape index (κ1) is 17.0. The molecule has 3 nitrogen and oxygen atoms in total. The lowest BCUT2D eigenvalue weighted by Gasteiger charge is -2.21. The van der Waals surface area contributed by atoms with E-state index in [1.165, 1.54) is 0 Å². The molecule has 0 amide bonds. The van der Waals surface area contributed by atoms with Gasteiger partial charge in [-0.1, -0.05) is 12.1 Å². The van der Waals surface area contributed by atoms with Crippen LogP contribution in [-0.2, 0) is 11.3 Å². The average molecular weight is 279 g/mol. The quantitative estimate of drug-likeness (QED) is 0.735. The Hall–Kier alpha value is -1.06. The van der Waals surface area contributed by atoms with Crippen LogP contribution in [0.15, 0.2) is 24.3 Å². The molecular weight excluding hydrogens is 250 g/mol. The van der Waals surface area contributed by atoms with Crippen LogP contribution in [0.2, 0.25) is 0 Å². The van der Waals surface area contributed by atoms with Crippen LogP contribution in [0.3, 0.4) is 0 Å². The molecule has 1 rings (SSSR count). The summed E-state index contributed by atoms with van der Waals surface area (Å²) in [6.07, 6.45) is 2.41. The molecule has 1 aromatic carbocycles. The smallest absolute Gasteiger partial charge is 0.120 e. The molecule has 0 spiro atoms.